The molecule has 5 heteroatoms. The van der Waals surface area contributed by atoms with Gasteiger partial charge in [-0.2, -0.15) is 0 Å². The Morgan fingerprint density at radius 3 is 2.42 bits per heavy atom. The number of aryl methyl sites for hydroxylation is 1. The summed E-state index contributed by atoms with van der Waals surface area (Å²) in [5.74, 6) is 1.50. The molecule has 0 aliphatic carbocycles. The minimum absolute atomic E-state index is 0.206. The Hall–Kier alpha value is -2.69. The van der Waals surface area contributed by atoms with Gasteiger partial charge in [-0.3, -0.25) is 0 Å². The topological polar surface area (TPSA) is 59.6 Å². The Kier molecular flexibility index (Phi) is 6.95. The molecule has 0 unspecified atom stereocenters. The molecule has 2 aromatic carbocycles. The van der Waals surface area contributed by atoms with E-state index in [9.17, 15) is 4.79 Å². The van der Waals surface area contributed by atoms with Gasteiger partial charge in [0.15, 0.2) is 0 Å². The van der Waals surface area contributed by atoms with Crippen LogP contribution in [0.4, 0.5) is 4.79 Å². The van der Waals surface area contributed by atoms with Gasteiger partial charge >= 0.3 is 6.03 Å². The minimum atomic E-state index is -0.206. The smallest absolute Gasteiger partial charge is 0.315 e. The van der Waals surface area contributed by atoms with Gasteiger partial charge in [-0.05, 0) is 31.5 Å². The molecule has 2 N–H and O–H groups in total. The van der Waals surface area contributed by atoms with Crippen LogP contribution in [0.2, 0.25) is 0 Å². The van der Waals surface area contributed by atoms with Crippen molar-refractivity contribution >= 4 is 6.03 Å². The molecule has 0 heterocycles. The lowest BCUT2D eigenvalue weighted by molar-refractivity contribution is 0.236. The van der Waals surface area contributed by atoms with Crippen molar-refractivity contribution in [3.8, 4) is 11.5 Å². The molecule has 5 nitrogen and oxygen atoms in total. The number of amides is 2. The zero-order valence-electron chi connectivity index (χ0n) is 14.2. The van der Waals surface area contributed by atoms with Crippen LogP contribution in [0.15, 0.2) is 48.5 Å². The van der Waals surface area contributed by atoms with Gasteiger partial charge in [0.05, 0.1) is 13.2 Å². The Morgan fingerprint density at radius 1 is 1.00 bits per heavy atom. The van der Waals surface area contributed by atoms with E-state index in [1.54, 1.807) is 0 Å². The third kappa shape index (κ3) is 6.20. The predicted molar refractivity (Wildman–Crippen MR) is 94.5 cm³/mol. The number of urea groups is 1. The lowest BCUT2D eigenvalue weighted by atomic mass is 10.1. The molecule has 0 saturated carbocycles. The van der Waals surface area contributed by atoms with Gasteiger partial charge in [0.25, 0.3) is 0 Å². The number of hydrogen-bond donors (Lipinski definition) is 2. The van der Waals surface area contributed by atoms with Gasteiger partial charge in [0, 0.05) is 12.6 Å². The number of carbonyl (C=O) groups is 1. The summed E-state index contributed by atoms with van der Waals surface area (Å²) in [5, 5.41) is 5.59. The lowest BCUT2D eigenvalue weighted by Crippen LogP contribution is -2.37. The molecule has 0 spiro atoms. The van der Waals surface area contributed by atoms with E-state index < -0.39 is 0 Å². The highest BCUT2D eigenvalue weighted by atomic mass is 16.5. The second-order valence-corrected chi connectivity index (χ2v) is 5.35. The summed E-state index contributed by atoms with van der Waals surface area (Å²) in [4.78, 5) is 11.7. The summed E-state index contributed by atoms with van der Waals surface area (Å²) in [7, 11) is 0. The molecule has 128 valence electrons. The zero-order valence-corrected chi connectivity index (χ0v) is 14.2. The molecule has 0 saturated heterocycles. The summed E-state index contributed by atoms with van der Waals surface area (Å²) >= 11 is 0. The maximum absolute atomic E-state index is 11.7. The summed E-state index contributed by atoms with van der Waals surface area (Å²) < 4.78 is 11.0. The van der Waals surface area contributed by atoms with Crippen molar-refractivity contribution in [1.82, 2.24) is 10.6 Å². The molecule has 0 atom stereocenters. The van der Waals surface area contributed by atoms with Crippen molar-refractivity contribution in [1.29, 1.82) is 0 Å². The zero-order chi connectivity index (χ0) is 17.2. The van der Waals surface area contributed by atoms with E-state index in [-0.39, 0.29) is 6.03 Å². The highest BCUT2D eigenvalue weighted by Gasteiger charge is 2.01. The number of hydrogen-bond acceptors (Lipinski definition) is 3. The molecule has 0 fully saturated rings. The first-order chi connectivity index (χ1) is 11.7. The first-order valence-corrected chi connectivity index (χ1v) is 8.10. The maximum Gasteiger partial charge on any atom is 0.315 e. The maximum atomic E-state index is 11.7. The fraction of sp³-hybridized carbons (Fsp3) is 0.316. The van der Waals surface area contributed by atoms with E-state index in [1.165, 1.54) is 5.56 Å². The molecular weight excluding hydrogens is 304 g/mol. The Bertz CT molecular complexity index is 641. The van der Waals surface area contributed by atoms with E-state index in [2.05, 4.69) is 10.6 Å². The Morgan fingerprint density at radius 2 is 1.71 bits per heavy atom. The molecule has 0 aliphatic heterocycles. The van der Waals surface area contributed by atoms with Crippen molar-refractivity contribution in [2.45, 2.75) is 20.4 Å². The SMILES string of the molecule is CCOc1cccc(OCCNC(=O)NCc2ccc(C)cc2)c1. The summed E-state index contributed by atoms with van der Waals surface area (Å²) in [6.45, 7) is 5.92. The minimum Gasteiger partial charge on any atom is -0.494 e. The largest absolute Gasteiger partial charge is 0.494 e. The molecule has 2 amide bonds. The number of benzene rings is 2. The molecule has 0 aliphatic rings. The van der Waals surface area contributed by atoms with Crippen LogP contribution in [0.5, 0.6) is 11.5 Å². The van der Waals surface area contributed by atoms with Crippen molar-refractivity contribution < 1.29 is 14.3 Å². The number of rotatable bonds is 8. The molecule has 2 aromatic rings. The van der Waals surface area contributed by atoms with E-state index in [0.29, 0.717) is 26.3 Å². The molecule has 0 bridgehead atoms. The van der Waals surface area contributed by atoms with Crippen LogP contribution in [0.3, 0.4) is 0 Å². The first kappa shape index (κ1) is 17.7. The van der Waals surface area contributed by atoms with Crippen LogP contribution < -0.4 is 20.1 Å². The molecule has 0 radical (unpaired) electrons. The molecule has 2 rings (SSSR count). The quantitative estimate of drug-likeness (QED) is 0.731. The summed E-state index contributed by atoms with van der Waals surface area (Å²) in [6, 6.07) is 15.3. The van der Waals surface area contributed by atoms with E-state index in [0.717, 1.165) is 17.1 Å². The van der Waals surface area contributed by atoms with Gasteiger partial charge in [-0.1, -0.05) is 35.9 Å². The fourth-order valence-electron chi connectivity index (χ4n) is 2.10. The predicted octanol–water partition coefficient (Wildman–Crippen LogP) is 3.27. The summed E-state index contributed by atoms with van der Waals surface area (Å²) in [5.41, 5.74) is 2.27. The lowest BCUT2D eigenvalue weighted by Gasteiger charge is -2.10. The Labute approximate surface area is 143 Å². The van der Waals surface area contributed by atoms with Gasteiger partial charge in [-0.25, -0.2) is 4.79 Å². The van der Waals surface area contributed by atoms with Gasteiger partial charge in [-0.15, -0.1) is 0 Å². The summed E-state index contributed by atoms with van der Waals surface area (Å²) in [6.07, 6.45) is 0. The van der Waals surface area contributed by atoms with Crippen LogP contribution in [0.25, 0.3) is 0 Å². The van der Waals surface area contributed by atoms with Gasteiger partial charge < -0.3 is 20.1 Å². The average Bonchev–Trinajstić information content (AvgIpc) is 2.59. The third-order valence-electron chi connectivity index (χ3n) is 3.35. The second kappa shape index (κ2) is 9.45. The normalized spacial score (nSPS) is 10.1. The highest BCUT2D eigenvalue weighted by Crippen LogP contribution is 2.19. The van der Waals surface area contributed by atoms with E-state index >= 15 is 0 Å². The standard InChI is InChI=1S/C19H24N2O3/c1-3-23-17-5-4-6-18(13-17)24-12-11-20-19(22)21-14-16-9-7-15(2)8-10-16/h4-10,13H,3,11-12,14H2,1-2H3,(H2,20,21,22). The van der Waals surface area contributed by atoms with Crippen LogP contribution >= 0.6 is 0 Å². The molecule has 0 aromatic heterocycles. The van der Waals surface area contributed by atoms with Crippen molar-refractivity contribution in [3.63, 3.8) is 0 Å². The van der Waals surface area contributed by atoms with Gasteiger partial charge in [0.2, 0.25) is 0 Å². The van der Waals surface area contributed by atoms with Crippen LogP contribution in [0, 0.1) is 6.92 Å². The van der Waals surface area contributed by atoms with Crippen molar-refractivity contribution in [3.05, 3.63) is 59.7 Å². The van der Waals surface area contributed by atoms with Crippen LogP contribution in [-0.2, 0) is 6.54 Å². The molecule has 24 heavy (non-hydrogen) atoms. The monoisotopic (exact) mass is 328 g/mol. The fourth-order valence-corrected chi connectivity index (χ4v) is 2.10. The van der Waals surface area contributed by atoms with Crippen LogP contribution in [-0.4, -0.2) is 25.8 Å². The second-order valence-electron chi connectivity index (χ2n) is 5.35. The van der Waals surface area contributed by atoms with E-state index in [4.69, 9.17) is 9.47 Å². The number of ether oxygens (including phenoxy) is 2. The number of carbonyl (C=O) groups excluding carboxylic acids is 1. The van der Waals surface area contributed by atoms with E-state index in [1.807, 2.05) is 62.4 Å². The van der Waals surface area contributed by atoms with Gasteiger partial charge in [0.1, 0.15) is 18.1 Å². The number of nitrogens with one attached hydrogen (secondary N) is 2. The first-order valence-electron chi connectivity index (χ1n) is 8.10. The van der Waals surface area contributed by atoms with Crippen LogP contribution in [0.1, 0.15) is 18.1 Å². The van der Waals surface area contributed by atoms with Crippen molar-refractivity contribution in [2.75, 3.05) is 19.8 Å². The highest BCUT2D eigenvalue weighted by molar-refractivity contribution is 5.73. The molecular formula is C19H24N2O3. The average molecular weight is 328 g/mol. The Balaban J connectivity index is 1.64. The third-order valence-corrected chi connectivity index (χ3v) is 3.35. The van der Waals surface area contributed by atoms with Crippen molar-refractivity contribution in [2.24, 2.45) is 0 Å².